The van der Waals surface area contributed by atoms with Crippen LogP contribution >= 0.6 is 11.6 Å². The van der Waals surface area contributed by atoms with Gasteiger partial charge in [0.05, 0.1) is 24.0 Å². The Hall–Kier alpha value is -2.57. The quantitative estimate of drug-likeness (QED) is 0.777. The van der Waals surface area contributed by atoms with Crippen molar-refractivity contribution in [2.75, 3.05) is 50.1 Å². The van der Waals surface area contributed by atoms with Crippen LogP contribution in [0.5, 0.6) is 0 Å². The van der Waals surface area contributed by atoms with E-state index < -0.39 is 5.97 Å². The highest BCUT2D eigenvalue weighted by atomic mass is 35.5. The fourth-order valence-electron chi connectivity index (χ4n) is 3.29. The number of ether oxygens (including phenoxy) is 1. The fraction of sp³-hybridized carbons (Fsp3) is 0.333. The lowest BCUT2D eigenvalue weighted by Crippen LogP contribution is -2.46. The van der Waals surface area contributed by atoms with Gasteiger partial charge in [0.25, 0.3) is 5.91 Å². The number of amides is 1. The third kappa shape index (κ3) is 4.64. The molecule has 2 aromatic carbocycles. The first kappa shape index (κ1) is 20.2. The number of hydrogen-bond acceptors (Lipinski definition) is 5. The summed E-state index contributed by atoms with van der Waals surface area (Å²) in [5.74, 6) is -0.724. The zero-order chi connectivity index (χ0) is 20.1. The van der Waals surface area contributed by atoms with Crippen molar-refractivity contribution in [2.24, 2.45) is 0 Å². The number of hydrogen-bond donors (Lipinski definition) is 1. The minimum absolute atomic E-state index is 0.280. The molecular formula is C21H24ClN3O3. The van der Waals surface area contributed by atoms with Crippen molar-refractivity contribution in [3.05, 3.63) is 58.6 Å². The normalized spacial score (nSPS) is 14.6. The largest absolute Gasteiger partial charge is 0.465 e. The Bertz CT molecular complexity index is 864. The van der Waals surface area contributed by atoms with E-state index in [1.807, 2.05) is 6.07 Å². The van der Waals surface area contributed by atoms with Crippen molar-refractivity contribution >= 4 is 34.9 Å². The van der Waals surface area contributed by atoms with Crippen LogP contribution < -0.4 is 10.2 Å². The van der Waals surface area contributed by atoms with E-state index in [1.54, 1.807) is 36.4 Å². The number of rotatable bonds is 5. The minimum Gasteiger partial charge on any atom is -0.465 e. The number of carbonyl (C=O) groups is 2. The number of carbonyl (C=O) groups excluding carboxylic acids is 2. The fourth-order valence-corrected chi connectivity index (χ4v) is 3.48. The molecule has 0 unspecified atom stereocenters. The summed E-state index contributed by atoms with van der Waals surface area (Å²) < 4.78 is 4.82. The predicted octanol–water partition coefficient (Wildman–Crippen LogP) is 3.52. The Morgan fingerprint density at radius 3 is 2.46 bits per heavy atom. The van der Waals surface area contributed by atoms with Crippen molar-refractivity contribution < 1.29 is 14.3 Å². The summed E-state index contributed by atoms with van der Waals surface area (Å²) in [4.78, 5) is 29.3. The number of esters is 1. The van der Waals surface area contributed by atoms with Gasteiger partial charge in [-0.15, -0.1) is 0 Å². The zero-order valence-corrected chi connectivity index (χ0v) is 16.8. The molecule has 0 aromatic heterocycles. The van der Waals surface area contributed by atoms with Crippen molar-refractivity contribution in [1.82, 2.24) is 4.90 Å². The number of halogens is 1. The van der Waals surface area contributed by atoms with Crippen LogP contribution in [0.2, 0.25) is 5.02 Å². The summed E-state index contributed by atoms with van der Waals surface area (Å²) in [6, 6.07) is 12.0. The molecule has 0 saturated carbocycles. The molecule has 3 rings (SSSR count). The first-order valence-corrected chi connectivity index (χ1v) is 9.66. The number of benzene rings is 2. The van der Waals surface area contributed by atoms with Crippen LogP contribution in [0.3, 0.4) is 0 Å². The first-order chi connectivity index (χ1) is 13.5. The summed E-state index contributed by atoms with van der Waals surface area (Å²) in [5, 5.41) is 3.43. The van der Waals surface area contributed by atoms with Crippen LogP contribution in [0.1, 0.15) is 27.6 Å². The molecule has 1 saturated heterocycles. The van der Waals surface area contributed by atoms with E-state index >= 15 is 0 Å². The average molecular weight is 402 g/mol. The summed E-state index contributed by atoms with van der Waals surface area (Å²) in [6.07, 6.45) is 0. The molecule has 0 radical (unpaired) electrons. The lowest BCUT2D eigenvalue weighted by molar-refractivity contribution is 0.0600. The maximum absolute atomic E-state index is 12.7. The SMILES string of the molecule is CCN1CCN(c2ccc(C(=O)OC)cc2NC(=O)c2cccc(Cl)c2)CC1. The molecule has 1 heterocycles. The van der Waals surface area contributed by atoms with E-state index in [2.05, 4.69) is 22.0 Å². The Kier molecular flexibility index (Phi) is 6.54. The van der Waals surface area contributed by atoms with Gasteiger partial charge in [-0.25, -0.2) is 4.79 Å². The highest BCUT2D eigenvalue weighted by Crippen LogP contribution is 2.29. The molecule has 0 spiro atoms. The summed E-state index contributed by atoms with van der Waals surface area (Å²) >= 11 is 6.00. The van der Waals surface area contributed by atoms with Crippen LogP contribution in [0.4, 0.5) is 11.4 Å². The molecule has 6 nitrogen and oxygen atoms in total. The van der Waals surface area contributed by atoms with Gasteiger partial charge in [-0.2, -0.15) is 0 Å². The maximum atomic E-state index is 12.7. The van der Waals surface area contributed by atoms with Crippen LogP contribution in [-0.2, 0) is 4.74 Å². The van der Waals surface area contributed by atoms with Crippen molar-refractivity contribution in [2.45, 2.75) is 6.92 Å². The number of anilines is 2. The first-order valence-electron chi connectivity index (χ1n) is 9.28. The molecule has 0 aliphatic carbocycles. The lowest BCUT2D eigenvalue weighted by Gasteiger charge is -2.36. The van der Waals surface area contributed by atoms with Crippen molar-refractivity contribution in [1.29, 1.82) is 0 Å². The summed E-state index contributed by atoms with van der Waals surface area (Å²) in [7, 11) is 1.34. The Labute approximate surface area is 170 Å². The molecule has 0 atom stereocenters. The second-order valence-corrected chi connectivity index (χ2v) is 7.05. The van der Waals surface area contributed by atoms with E-state index in [1.165, 1.54) is 7.11 Å². The molecule has 28 heavy (non-hydrogen) atoms. The van der Waals surface area contributed by atoms with Crippen LogP contribution in [-0.4, -0.2) is 56.6 Å². The van der Waals surface area contributed by atoms with Gasteiger partial charge >= 0.3 is 5.97 Å². The average Bonchev–Trinajstić information content (AvgIpc) is 2.73. The van der Waals surface area contributed by atoms with Crippen LogP contribution in [0, 0.1) is 0 Å². The van der Waals surface area contributed by atoms with E-state index in [-0.39, 0.29) is 5.91 Å². The molecule has 148 valence electrons. The smallest absolute Gasteiger partial charge is 0.337 e. The second-order valence-electron chi connectivity index (χ2n) is 6.61. The highest BCUT2D eigenvalue weighted by molar-refractivity contribution is 6.31. The summed E-state index contributed by atoms with van der Waals surface area (Å²) in [6.45, 7) is 6.79. The van der Waals surface area contributed by atoms with Gasteiger partial charge in [-0.05, 0) is 42.9 Å². The third-order valence-electron chi connectivity index (χ3n) is 4.91. The number of nitrogens with one attached hydrogen (secondary N) is 1. The topological polar surface area (TPSA) is 61.9 Å². The molecule has 2 aromatic rings. The van der Waals surface area contributed by atoms with Crippen LogP contribution in [0.25, 0.3) is 0 Å². The molecule has 1 aliphatic heterocycles. The monoisotopic (exact) mass is 401 g/mol. The van der Waals surface area contributed by atoms with E-state index in [0.717, 1.165) is 38.4 Å². The zero-order valence-electron chi connectivity index (χ0n) is 16.1. The Balaban J connectivity index is 1.89. The van der Waals surface area contributed by atoms with Crippen molar-refractivity contribution in [3.8, 4) is 0 Å². The minimum atomic E-state index is -0.444. The van der Waals surface area contributed by atoms with Gasteiger partial charge in [0.15, 0.2) is 0 Å². The number of piperazine rings is 1. The van der Waals surface area contributed by atoms with Crippen LogP contribution in [0.15, 0.2) is 42.5 Å². The predicted molar refractivity (Wildman–Crippen MR) is 112 cm³/mol. The van der Waals surface area contributed by atoms with Gasteiger partial charge in [-0.3, -0.25) is 4.79 Å². The summed E-state index contributed by atoms with van der Waals surface area (Å²) in [5.41, 5.74) is 2.31. The number of methoxy groups -OCH3 is 1. The molecule has 1 fully saturated rings. The molecule has 7 heteroatoms. The third-order valence-corrected chi connectivity index (χ3v) is 5.15. The second kappa shape index (κ2) is 9.08. The maximum Gasteiger partial charge on any atom is 0.337 e. The van der Waals surface area contributed by atoms with E-state index in [4.69, 9.17) is 16.3 Å². The van der Waals surface area contributed by atoms with Gasteiger partial charge in [0, 0.05) is 36.8 Å². The van der Waals surface area contributed by atoms with Gasteiger partial charge in [0.1, 0.15) is 0 Å². The molecule has 0 bridgehead atoms. The Morgan fingerprint density at radius 2 is 1.82 bits per heavy atom. The highest BCUT2D eigenvalue weighted by Gasteiger charge is 2.21. The molecule has 1 amide bonds. The van der Waals surface area contributed by atoms with Gasteiger partial charge in [0.2, 0.25) is 0 Å². The standard InChI is InChI=1S/C21H24ClN3O3/c1-3-24-9-11-25(12-10-24)19-8-7-16(21(27)28-2)14-18(19)23-20(26)15-5-4-6-17(22)13-15/h4-8,13-14H,3,9-12H2,1-2H3,(H,23,26). The Morgan fingerprint density at radius 1 is 1.07 bits per heavy atom. The van der Waals surface area contributed by atoms with Crippen molar-refractivity contribution in [3.63, 3.8) is 0 Å². The van der Waals surface area contributed by atoms with E-state index in [0.29, 0.717) is 21.8 Å². The number of likely N-dealkylation sites (N-methyl/N-ethyl adjacent to an activating group) is 1. The molecule has 1 aliphatic rings. The van der Waals surface area contributed by atoms with E-state index in [9.17, 15) is 9.59 Å². The number of nitrogens with zero attached hydrogens (tertiary/aromatic N) is 2. The molecular weight excluding hydrogens is 378 g/mol. The molecule has 1 N–H and O–H groups in total. The van der Waals surface area contributed by atoms with Gasteiger partial charge < -0.3 is 19.9 Å². The lowest BCUT2D eigenvalue weighted by atomic mass is 10.1. The van der Waals surface area contributed by atoms with Gasteiger partial charge in [-0.1, -0.05) is 24.6 Å².